The first kappa shape index (κ1) is 15.8. The number of halogens is 1. The zero-order valence-electron chi connectivity index (χ0n) is 7.41. The third kappa shape index (κ3) is 13.9. The predicted molar refractivity (Wildman–Crippen MR) is 73.9 cm³/mol. The molecule has 0 aliphatic rings. The van der Waals surface area contributed by atoms with Crippen molar-refractivity contribution in [3.8, 4) is 0 Å². The molecule has 1 atom stereocenters. The number of thiol groups is 2. The molecule has 0 saturated carbocycles. The Balaban J connectivity index is 0. The van der Waals surface area contributed by atoms with Gasteiger partial charge in [0.25, 0.3) is 0 Å². The van der Waals surface area contributed by atoms with Crippen LogP contribution in [0.2, 0.25) is 0 Å². The maximum absolute atomic E-state index is 5.49. The van der Waals surface area contributed by atoms with Gasteiger partial charge in [-0.05, 0) is 18.6 Å². The number of rotatable bonds is 7. The van der Waals surface area contributed by atoms with Gasteiger partial charge < -0.3 is 5.73 Å². The van der Waals surface area contributed by atoms with E-state index in [-0.39, 0.29) is 29.4 Å². The van der Waals surface area contributed by atoms with E-state index in [1.807, 2.05) is 0 Å². The summed E-state index contributed by atoms with van der Waals surface area (Å²) in [5.74, 6) is 1.02. The van der Waals surface area contributed by atoms with E-state index in [1.54, 1.807) is 0 Å². The minimum atomic E-state index is 0. The van der Waals surface area contributed by atoms with E-state index >= 15 is 0 Å². The van der Waals surface area contributed by atoms with Gasteiger partial charge >= 0.3 is 0 Å². The van der Waals surface area contributed by atoms with E-state index in [9.17, 15) is 0 Å². The van der Waals surface area contributed by atoms with Crippen molar-refractivity contribution in [1.82, 2.24) is 0 Å². The Labute approximate surface area is 104 Å². The lowest BCUT2D eigenvalue weighted by Gasteiger charge is -2.02. The standard InChI is InChI=1S/C8H19NS2.HI/c9-8(11)6-4-2-1-3-5-7-10;/h8,10-11H,1-7,9H2;1H. The SMILES string of the molecule is I.NC(S)CCCCCCCS. The average Bonchev–Trinajstić information content (AvgIpc) is 1.96. The van der Waals surface area contributed by atoms with Crippen LogP contribution in [0.15, 0.2) is 0 Å². The van der Waals surface area contributed by atoms with Crippen molar-refractivity contribution in [2.24, 2.45) is 5.73 Å². The minimum absolute atomic E-state index is 0. The summed E-state index contributed by atoms with van der Waals surface area (Å²) in [6.45, 7) is 0. The van der Waals surface area contributed by atoms with Crippen LogP contribution in [0.4, 0.5) is 0 Å². The molecular weight excluding hydrogens is 301 g/mol. The van der Waals surface area contributed by atoms with E-state index in [0.717, 1.165) is 12.2 Å². The van der Waals surface area contributed by atoms with Crippen molar-refractivity contribution >= 4 is 49.2 Å². The molecule has 0 fully saturated rings. The second kappa shape index (κ2) is 12.4. The van der Waals surface area contributed by atoms with E-state index < -0.39 is 0 Å². The highest BCUT2D eigenvalue weighted by Gasteiger charge is 1.94. The molecule has 0 spiro atoms. The van der Waals surface area contributed by atoms with Crippen molar-refractivity contribution in [1.29, 1.82) is 0 Å². The molecule has 0 radical (unpaired) electrons. The van der Waals surface area contributed by atoms with Gasteiger partial charge in [0.15, 0.2) is 0 Å². The lowest BCUT2D eigenvalue weighted by atomic mass is 10.1. The zero-order chi connectivity index (χ0) is 8.53. The molecule has 0 aromatic rings. The quantitative estimate of drug-likeness (QED) is 0.286. The number of nitrogens with two attached hydrogens (primary N) is 1. The monoisotopic (exact) mass is 321 g/mol. The van der Waals surface area contributed by atoms with Crippen LogP contribution in [-0.2, 0) is 0 Å². The largest absolute Gasteiger partial charge is 0.320 e. The van der Waals surface area contributed by atoms with E-state index in [4.69, 9.17) is 5.73 Å². The van der Waals surface area contributed by atoms with Gasteiger partial charge in [0, 0.05) is 5.37 Å². The van der Waals surface area contributed by atoms with E-state index in [2.05, 4.69) is 25.3 Å². The van der Waals surface area contributed by atoms with Gasteiger partial charge in [-0.1, -0.05) is 25.7 Å². The molecule has 0 aromatic heterocycles. The fourth-order valence-electron chi connectivity index (χ4n) is 0.996. The Morgan fingerprint density at radius 1 is 1.00 bits per heavy atom. The van der Waals surface area contributed by atoms with E-state index in [0.29, 0.717) is 0 Å². The van der Waals surface area contributed by atoms with Crippen LogP contribution in [0.1, 0.15) is 38.5 Å². The van der Waals surface area contributed by atoms with Gasteiger partial charge in [0.1, 0.15) is 0 Å². The molecule has 0 aliphatic heterocycles. The Morgan fingerprint density at radius 3 is 2.00 bits per heavy atom. The van der Waals surface area contributed by atoms with Gasteiger partial charge in [-0.15, -0.1) is 24.0 Å². The number of hydrogen-bond acceptors (Lipinski definition) is 3. The summed E-state index contributed by atoms with van der Waals surface area (Å²) in [5, 5.41) is 0.0832. The highest BCUT2D eigenvalue weighted by Crippen LogP contribution is 2.07. The molecule has 1 nitrogen and oxygen atoms in total. The van der Waals surface area contributed by atoms with Crippen LogP contribution in [0.5, 0.6) is 0 Å². The van der Waals surface area contributed by atoms with E-state index in [1.165, 1.54) is 32.1 Å². The smallest absolute Gasteiger partial charge is 0.0477 e. The molecule has 0 aromatic carbocycles. The molecular formula is C8H20INS2. The summed E-state index contributed by atoms with van der Waals surface area (Å²) in [6, 6.07) is 0. The van der Waals surface area contributed by atoms with Gasteiger partial charge in [-0.2, -0.15) is 25.3 Å². The summed E-state index contributed by atoms with van der Waals surface area (Å²) >= 11 is 8.25. The van der Waals surface area contributed by atoms with Gasteiger partial charge in [-0.25, -0.2) is 0 Å². The van der Waals surface area contributed by atoms with Crippen molar-refractivity contribution < 1.29 is 0 Å². The maximum atomic E-state index is 5.49. The highest BCUT2D eigenvalue weighted by atomic mass is 127. The third-order valence-electron chi connectivity index (χ3n) is 1.66. The Morgan fingerprint density at radius 2 is 1.50 bits per heavy atom. The molecule has 0 aliphatic carbocycles. The molecule has 0 amide bonds. The van der Waals surface area contributed by atoms with Crippen LogP contribution < -0.4 is 5.73 Å². The van der Waals surface area contributed by atoms with Crippen LogP contribution >= 0.6 is 49.2 Å². The van der Waals surface area contributed by atoms with Crippen molar-refractivity contribution in [3.05, 3.63) is 0 Å². The van der Waals surface area contributed by atoms with Crippen LogP contribution in [0.25, 0.3) is 0 Å². The molecule has 0 saturated heterocycles. The summed E-state index contributed by atoms with van der Waals surface area (Å²) < 4.78 is 0. The number of hydrogen-bond donors (Lipinski definition) is 3. The van der Waals surface area contributed by atoms with Crippen molar-refractivity contribution in [3.63, 3.8) is 0 Å². The lowest BCUT2D eigenvalue weighted by Crippen LogP contribution is -2.10. The maximum Gasteiger partial charge on any atom is 0.0477 e. The fraction of sp³-hybridized carbons (Fsp3) is 1.00. The second-order valence-electron chi connectivity index (χ2n) is 2.85. The number of unbranched alkanes of at least 4 members (excludes halogenated alkanes) is 4. The first-order chi connectivity index (χ1) is 5.27. The van der Waals surface area contributed by atoms with Crippen molar-refractivity contribution in [2.45, 2.75) is 43.9 Å². The summed E-state index contributed by atoms with van der Waals surface area (Å²) in [6.07, 6.45) is 7.44. The Hall–Kier alpha value is 1.39. The minimum Gasteiger partial charge on any atom is -0.320 e. The Bertz CT molecular complexity index is 81.5. The first-order valence-electron chi connectivity index (χ1n) is 4.32. The molecule has 1 unspecified atom stereocenters. The molecule has 4 heteroatoms. The molecule has 76 valence electrons. The topological polar surface area (TPSA) is 26.0 Å². The van der Waals surface area contributed by atoms with Gasteiger partial charge in [0.2, 0.25) is 0 Å². The summed E-state index contributed by atoms with van der Waals surface area (Å²) in [7, 11) is 0. The summed E-state index contributed by atoms with van der Waals surface area (Å²) in [5.41, 5.74) is 5.49. The highest BCUT2D eigenvalue weighted by molar-refractivity contribution is 14.0. The molecule has 0 heterocycles. The normalized spacial score (nSPS) is 12.2. The predicted octanol–water partition coefficient (Wildman–Crippen LogP) is 3.09. The van der Waals surface area contributed by atoms with Crippen LogP contribution in [0, 0.1) is 0 Å². The second-order valence-corrected chi connectivity index (χ2v) is 3.96. The molecule has 2 N–H and O–H groups in total. The average molecular weight is 321 g/mol. The van der Waals surface area contributed by atoms with Crippen molar-refractivity contribution in [2.75, 3.05) is 5.75 Å². The van der Waals surface area contributed by atoms with Gasteiger partial charge in [0.05, 0.1) is 0 Å². The third-order valence-corrected chi connectivity index (χ3v) is 2.23. The Kier molecular flexibility index (Phi) is 16.4. The summed E-state index contributed by atoms with van der Waals surface area (Å²) in [4.78, 5) is 0. The molecule has 0 rings (SSSR count). The molecule has 12 heavy (non-hydrogen) atoms. The van der Waals surface area contributed by atoms with Crippen LogP contribution in [0.3, 0.4) is 0 Å². The zero-order valence-corrected chi connectivity index (χ0v) is 11.5. The molecule has 0 bridgehead atoms. The first-order valence-corrected chi connectivity index (χ1v) is 5.46. The fourth-order valence-corrected chi connectivity index (χ4v) is 1.40. The lowest BCUT2D eigenvalue weighted by molar-refractivity contribution is 0.604. The van der Waals surface area contributed by atoms with Gasteiger partial charge in [-0.3, -0.25) is 0 Å². The van der Waals surface area contributed by atoms with Crippen LogP contribution in [-0.4, -0.2) is 11.1 Å².